The van der Waals surface area contributed by atoms with Gasteiger partial charge in [0.1, 0.15) is 17.8 Å². The van der Waals surface area contributed by atoms with Crippen molar-refractivity contribution in [3.8, 4) is 11.1 Å². The number of nitrogens with one attached hydrogen (secondary N) is 3. The molecule has 3 fully saturated rings. The Bertz CT molecular complexity index is 1280. The fraction of sp³-hybridized carbons (Fsp3) is 0.423. The van der Waals surface area contributed by atoms with E-state index in [1.54, 1.807) is 11.1 Å². The number of aromatic amines is 1. The van der Waals surface area contributed by atoms with E-state index in [1.807, 2.05) is 30.5 Å². The van der Waals surface area contributed by atoms with Gasteiger partial charge in [0.05, 0.1) is 5.02 Å². The molecular weight excluding hydrogens is 466 g/mol. The van der Waals surface area contributed by atoms with Crippen LogP contribution in [0.3, 0.4) is 0 Å². The van der Waals surface area contributed by atoms with Crippen molar-refractivity contribution in [1.29, 1.82) is 0 Å². The van der Waals surface area contributed by atoms with Crippen molar-refractivity contribution >= 4 is 34.6 Å². The van der Waals surface area contributed by atoms with E-state index in [4.69, 9.17) is 16.3 Å². The lowest BCUT2D eigenvalue weighted by atomic mass is 9.97. The molecule has 8 nitrogen and oxygen atoms in total. The molecule has 35 heavy (non-hydrogen) atoms. The molecule has 1 aromatic carbocycles. The number of ether oxygens (including phenoxy) is 1. The zero-order valence-electron chi connectivity index (χ0n) is 19.4. The number of pyridine rings is 1. The summed E-state index contributed by atoms with van der Waals surface area (Å²) in [7, 11) is 0. The first kappa shape index (κ1) is 22.4. The van der Waals surface area contributed by atoms with Crippen LogP contribution in [0.5, 0.6) is 0 Å². The number of rotatable bonds is 4. The van der Waals surface area contributed by atoms with Crippen molar-refractivity contribution in [3.63, 3.8) is 0 Å². The van der Waals surface area contributed by atoms with Gasteiger partial charge in [0.2, 0.25) is 5.91 Å². The van der Waals surface area contributed by atoms with Gasteiger partial charge in [0.15, 0.2) is 0 Å². The standard InChI is InChI=1S/C26H28ClN5O3/c27-22-20(14-31-24-21(22)19(13-30-24)15-4-5-15)16-2-1-3-17(12-16)23-25(33)29-10-11-32(23)26(34)35-18-6-8-28-9-7-18/h1-3,12-15,18,23,28H,4-11H2,(H,29,33)(H,30,31). The number of hydrogen-bond acceptors (Lipinski definition) is 5. The molecule has 1 saturated carbocycles. The summed E-state index contributed by atoms with van der Waals surface area (Å²) in [6.45, 7) is 2.45. The number of carbonyl (C=O) groups excluding carboxylic acids is 2. The Morgan fingerprint density at radius 1 is 1.14 bits per heavy atom. The average Bonchev–Trinajstić information content (AvgIpc) is 3.63. The number of hydrogen-bond donors (Lipinski definition) is 3. The fourth-order valence-corrected chi connectivity index (χ4v) is 5.55. The maximum absolute atomic E-state index is 13.1. The maximum Gasteiger partial charge on any atom is 0.411 e. The third-order valence-electron chi connectivity index (χ3n) is 7.20. The Morgan fingerprint density at radius 2 is 1.97 bits per heavy atom. The Kier molecular flexibility index (Phi) is 5.86. The first-order valence-corrected chi connectivity index (χ1v) is 12.7. The van der Waals surface area contributed by atoms with Gasteiger partial charge in [-0.3, -0.25) is 9.69 Å². The quantitative estimate of drug-likeness (QED) is 0.507. The minimum Gasteiger partial charge on any atom is -0.446 e. The number of halogens is 1. The average molecular weight is 494 g/mol. The Balaban J connectivity index is 1.32. The summed E-state index contributed by atoms with van der Waals surface area (Å²) >= 11 is 6.92. The molecule has 3 aromatic rings. The molecule has 4 heterocycles. The van der Waals surface area contributed by atoms with Crippen LogP contribution in [0.4, 0.5) is 4.79 Å². The first-order chi connectivity index (χ1) is 17.1. The van der Waals surface area contributed by atoms with Crippen LogP contribution in [0, 0.1) is 0 Å². The van der Waals surface area contributed by atoms with Crippen molar-refractivity contribution in [2.24, 2.45) is 0 Å². The lowest BCUT2D eigenvalue weighted by Crippen LogP contribution is -2.53. The van der Waals surface area contributed by atoms with Crippen molar-refractivity contribution in [3.05, 3.63) is 52.8 Å². The van der Waals surface area contributed by atoms with Crippen molar-refractivity contribution < 1.29 is 14.3 Å². The zero-order valence-corrected chi connectivity index (χ0v) is 20.1. The largest absolute Gasteiger partial charge is 0.446 e. The van der Waals surface area contributed by atoms with E-state index >= 15 is 0 Å². The number of piperazine rings is 1. The minimum absolute atomic E-state index is 0.126. The highest BCUT2D eigenvalue weighted by Crippen LogP contribution is 2.46. The van der Waals surface area contributed by atoms with Gasteiger partial charge in [-0.1, -0.05) is 29.8 Å². The SMILES string of the molecule is O=C1NCCN(C(=O)OC2CCNCC2)C1c1cccc(-c2cnc3[nH]cc(C4CC4)c3c2Cl)c1. The van der Waals surface area contributed by atoms with Crippen LogP contribution in [0.15, 0.2) is 36.7 Å². The number of aromatic nitrogens is 2. The second-order valence-corrected chi connectivity index (χ2v) is 9.95. The molecule has 2 amide bonds. The van der Waals surface area contributed by atoms with Crippen molar-refractivity contribution in [2.45, 2.75) is 43.7 Å². The number of amides is 2. The molecule has 9 heteroatoms. The molecule has 1 aliphatic carbocycles. The van der Waals surface area contributed by atoms with Gasteiger partial charge in [-0.25, -0.2) is 9.78 Å². The van der Waals surface area contributed by atoms with Crippen molar-refractivity contribution in [1.82, 2.24) is 25.5 Å². The molecule has 0 bridgehead atoms. The van der Waals surface area contributed by atoms with Crippen LogP contribution >= 0.6 is 11.6 Å². The number of fused-ring (bicyclic) bond motifs is 1. The molecule has 6 rings (SSSR count). The molecule has 0 radical (unpaired) electrons. The Morgan fingerprint density at radius 3 is 2.77 bits per heavy atom. The molecule has 3 N–H and O–H groups in total. The molecule has 0 spiro atoms. The predicted molar refractivity (Wildman–Crippen MR) is 133 cm³/mol. The highest BCUT2D eigenvalue weighted by atomic mass is 35.5. The van der Waals surface area contributed by atoms with Gasteiger partial charge < -0.3 is 20.4 Å². The van der Waals surface area contributed by atoms with Crippen LogP contribution in [0.2, 0.25) is 5.02 Å². The number of nitrogens with zero attached hydrogens (tertiary/aromatic N) is 2. The molecule has 1 unspecified atom stereocenters. The molecule has 182 valence electrons. The van der Waals surface area contributed by atoms with E-state index in [0.717, 1.165) is 53.7 Å². The second-order valence-electron chi connectivity index (χ2n) is 9.57. The third-order valence-corrected chi connectivity index (χ3v) is 7.59. The van der Waals surface area contributed by atoms with Crippen LogP contribution in [-0.4, -0.2) is 59.2 Å². The molecule has 3 aliphatic rings. The summed E-state index contributed by atoms with van der Waals surface area (Å²) in [5, 5.41) is 7.80. The maximum atomic E-state index is 13.1. The van der Waals surface area contributed by atoms with E-state index in [2.05, 4.69) is 20.6 Å². The number of piperidine rings is 1. The van der Waals surface area contributed by atoms with Gasteiger partial charge in [0.25, 0.3) is 0 Å². The van der Waals surface area contributed by atoms with Gasteiger partial charge in [-0.15, -0.1) is 0 Å². The van der Waals surface area contributed by atoms with Crippen LogP contribution in [0.25, 0.3) is 22.2 Å². The van der Waals surface area contributed by atoms with E-state index in [-0.39, 0.29) is 12.0 Å². The minimum atomic E-state index is -0.761. The lowest BCUT2D eigenvalue weighted by molar-refractivity contribution is -0.128. The topological polar surface area (TPSA) is 99.3 Å². The normalized spacial score (nSPS) is 21.2. The number of benzene rings is 1. The molecule has 2 aromatic heterocycles. The van der Waals surface area contributed by atoms with E-state index < -0.39 is 12.1 Å². The monoisotopic (exact) mass is 493 g/mol. The second kappa shape index (κ2) is 9.17. The molecule has 2 saturated heterocycles. The van der Waals surface area contributed by atoms with E-state index in [0.29, 0.717) is 24.0 Å². The highest BCUT2D eigenvalue weighted by molar-refractivity contribution is 6.38. The van der Waals surface area contributed by atoms with Gasteiger partial charge in [-0.05, 0) is 67.4 Å². The molecule has 2 aliphatic heterocycles. The molecular formula is C26H28ClN5O3. The van der Waals surface area contributed by atoms with Crippen molar-refractivity contribution in [2.75, 3.05) is 26.2 Å². The summed E-state index contributed by atoms with van der Waals surface area (Å²) in [5.41, 5.74) is 4.39. The van der Waals surface area contributed by atoms with E-state index in [1.165, 1.54) is 18.4 Å². The van der Waals surface area contributed by atoms with Gasteiger partial charge in [-0.2, -0.15) is 0 Å². The van der Waals surface area contributed by atoms with Gasteiger partial charge >= 0.3 is 6.09 Å². The number of H-pyrrole nitrogens is 1. The summed E-state index contributed by atoms with van der Waals surface area (Å²) in [6.07, 6.45) is 7.11. The Hall–Kier alpha value is -3.10. The highest BCUT2D eigenvalue weighted by Gasteiger charge is 2.36. The summed E-state index contributed by atoms with van der Waals surface area (Å²) in [4.78, 5) is 35.5. The predicted octanol–water partition coefficient (Wildman–Crippen LogP) is 4.12. The lowest BCUT2D eigenvalue weighted by Gasteiger charge is -2.36. The number of carbonyl (C=O) groups is 2. The summed E-state index contributed by atoms with van der Waals surface area (Å²) in [6, 6.07) is 6.89. The third kappa shape index (κ3) is 4.25. The van der Waals surface area contributed by atoms with E-state index in [9.17, 15) is 9.59 Å². The smallest absolute Gasteiger partial charge is 0.411 e. The van der Waals surface area contributed by atoms with Gasteiger partial charge in [0, 0.05) is 36.4 Å². The van der Waals surface area contributed by atoms with Crippen LogP contribution < -0.4 is 10.6 Å². The fourth-order valence-electron chi connectivity index (χ4n) is 5.19. The zero-order chi connectivity index (χ0) is 23.9. The first-order valence-electron chi connectivity index (χ1n) is 12.3. The Labute approximate surface area is 208 Å². The summed E-state index contributed by atoms with van der Waals surface area (Å²) in [5.74, 6) is 0.326. The van der Waals surface area contributed by atoms with Crippen LogP contribution in [0.1, 0.15) is 48.8 Å². The summed E-state index contributed by atoms with van der Waals surface area (Å²) < 4.78 is 5.78. The molecule has 1 atom stereocenters. The van der Waals surface area contributed by atoms with Crippen LogP contribution in [-0.2, 0) is 9.53 Å².